The third-order valence-corrected chi connectivity index (χ3v) is 2.40. The second kappa shape index (κ2) is 2.65. The number of imidazole rings is 1. The van der Waals surface area contributed by atoms with Crippen molar-refractivity contribution >= 4 is 5.82 Å². The Balaban J connectivity index is 2.29. The average Bonchev–Trinajstić information content (AvgIpc) is 2.65. The zero-order valence-corrected chi connectivity index (χ0v) is 7.46. The molecule has 3 heterocycles. The van der Waals surface area contributed by atoms with Crippen molar-refractivity contribution in [1.29, 1.82) is 0 Å². The van der Waals surface area contributed by atoms with Crippen molar-refractivity contribution in [3.8, 4) is 11.5 Å². The van der Waals surface area contributed by atoms with E-state index in [0.717, 1.165) is 13.0 Å². The van der Waals surface area contributed by atoms with Gasteiger partial charge < -0.3 is 4.57 Å². The first kappa shape index (κ1) is 7.69. The van der Waals surface area contributed by atoms with Gasteiger partial charge in [-0.25, -0.2) is 20.0 Å². The van der Waals surface area contributed by atoms with Crippen LogP contribution in [-0.2, 0) is 6.54 Å². The highest BCUT2D eigenvalue weighted by molar-refractivity contribution is 5.67. The van der Waals surface area contributed by atoms with Gasteiger partial charge in [-0.2, -0.15) is 0 Å². The molecule has 0 radical (unpaired) electrons. The molecule has 0 aromatic rings. The summed E-state index contributed by atoms with van der Waals surface area (Å²) in [6.07, 6.45) is 4.06. The second-order valence-corrected chi connectivity index (χ2v) is 3.28. The van der Waals surface area contributed by atoms with Gasteiger partial charge in [-0.3, -0.25) is 5.21 Å². The van der Waals surface area contributed by atoms with Gasteiger partial charge in [-0.15, -0.1) is 0 Å². The predicted octanol–water partition coefficient (Wildman–Crippen LogP) is 0.377. The molecule has 0 fully saturated rings. The van der Waals surface area contributed by atoms with Gasteiger partial charge in [-0.05, 0) is 6.42 Å². The minimum Gasteiger partial charge on any atom is -0.315 e. The number of rotatable bonds is 0. The predicted molar refractivity (Wildman–Crippen MR) is 48.2 cm³/mol. The van der Waals surface area contributed by atoms with E-state index in [2.05, 4.69) is 15.0 Å². The van der Waals surface area contributed by atoms with E-state index in [0.29, 0.717) is 23.9 Å². The van der Waals surface area contributed by atoms with Gasteiger partial charge in [0.25, 0.3) is 0 Å². The summed E-state index contributed by atoms with van der Waals surface area (Å²) in [5, 5.41) is 10.9. The smallest absolute Gasteiger partial charge is 0.185 e. The molecule has 0 aromatic heterocycles. The molecule has 0 aliphatic carbocycles. The molecule has 72 valence electrons. The molecule has 6 heteroatoms. The summed E-state index contributed by atoms with van der Waals surface area (Å²) in [7, 11) is 0. The van der Waals surface area contributed by atoms with Crippen molar-refractivity contribution in [2.75, 3.05) is 11.6 Å². The Hall–Kier alpha value is -1.69. The third kappa shape index (κ3) is 0.912. The molecule has 0 atom stereocenters. The van der Waals surface area contributed by atoms with Crippen LogP contribution in [0.3, 0.4) is 0 Å². The van der Waals surface area contributed by atoms with Gasteiger partial charge in [-0.1, -0.05) is 0 Å². The van der Waals surface area contributed by atoms with Crippen LogP contribution in [0.4, 0.5) is 5.82 Å². The van der Waals surface area contributed by atoms with Gasteiger partial charge in [0.1, 0.15) is 6.33 Å². The Labute approximate surface area is 80.1 Å². The van der Waals surface area contributed by atoms with Gasteiger partial charge >= 0.3 is 0 Å². The van der Waals surface area contributed by atoms with Gasteiger partial charge in [0.05, 0.1) is 6.33 Å². The highest BCUT2D eigenvalue weighted by atomic mass is 16.5. The Bertz CT molecular complexity index is 440. The summed E-state index contributed by atoms with van der Waals surface area (Å²) in [6.45, 7) is 1.49. The summed E-state index contributed by atoms with van der Waals surface area (Å²) in [6, 6.07) is 0. The maximum Gasteiger partial charge on any atom is 0.185 e. The van der Waals surface area contributed by atoms with E-state index in [1.54, 1.807) is 6.33 Å². The number of hydroxylamine groups is 1. The average molecular weight is 191 g/mol. The van der Waals surface area contributed by atoms with E-state index in [4.69, 9.17) is 0 Å². The molecular weight excluding hydrogens is 182 g/mol. The molecule has 0 saturated heterocycles. The van der Waals surface area contributed by atoms with Crippen LogP contribution in [0, 0.1) is 0 Å². The van der Waals surface area contributed by atoms with Crippen molar-refractivity contribution in [3.05, 3.63) is 12.7 Å². The Morgan fingerprint density at radius 1 is 1.21 bits per heavy atom. The molecule has 0 saturated carbocycles. The van der Waals surface area contributed by atoms with E-state index in [9.17, 15) is 5.21 Å². The fourth-order valence-corrected chi connectivity index (χ4v) is 1.76. The molecule has 0 amide bonds. The Morgan fingerprint density at radius 2 is 2.14 bits per heavy atom. The molecule has 0 bridgehead atoms. The topological polar surface area (TPSA) is 67.1 Å². The summed E-state index contributed by atoms with van der Waals surface area (Å²) < 4.78 is 1.89. The molecule has 0 spiro atoms. The number of fused-ring (bicyclic) bond motifs is 3. The largest absolute Gasteiger partial charge is 0.315 e. The van der Waals surface area contributed by atoms with Crippen LogP contribution < -0.4 is 5.06 Å². The minimum atomic E-state index is 0.581. The first-order valence-corrected chi connectivity index (χ1v) is 4.48. The molecule has 1 N–H and O–H groups in total. The van der Waals surface area contributed by atoms with E-state index < -0.39 is 0 Å². The zero-order chi connectivity index (χ0) is 9.54. The summed E-state index contributed by atoms with van der Waals surface area (Å²) in [5.41, 5.74) is 0.662. The number of hydrogen-bond acceptors (Lipinski definition) is 5. The zero-order valence-electron chi connectivity index (χ0n) is 7.46. The summed E-state index contributed by atoms with van der Waals surface area (Å²) in [4.78, 5) is 12.2. The van der Waals surface area contributed by atoms with Gasteiger partial charge in [0.15, 0.2) is 17.3 Å². The quantitative estimate of drug-likeness (QED) is 0.652. The molecular formula is C8H9N5O. The fourth-order valence-electron chi connectivity index (χ4n) is 1.76. The highest BCUT2D eigenvalue weighted by Crippen LogP contribution is 2.29. The van der Waals surface area contributed by atoms with Crippen molar-refractivity contribution in [2.45, 2.75) is 13.0 Å². The normalized spacial score (nSPS) is 15.9. The summed E-state index contributed by atoms with van der Waals surface area (Å²) >= 11 is 0. The number of anilines is 1. The lowest BCUT2D eigenvalue weighted by Gasteiger charge is -2.27. The van der Waals surface area contributed by atoms with Crippen LogP contribution in [0.25, 0.3) is 11.5 Å². The standard InChI is InChI=1S/C8H9N5O/c14-13-3-1-2-12-5-11-7-6(8(12)13)9-4-10-7/h4-5,14H,1-3H2. The molecule has 6 nitrogen and oxygen atoms in total. The first-order chi connectivity index (χ1) is 6.86. The molecule has 0 unspecified atom stereocenters. The number of hydrogen-bond donors (Lipinski definition) is 1. The van der Waals surface area contributed by atoms with Crippen molar-refractivity contribution in [2.24, 2.45) is 0 Å². The molecule has 14 heavy (non-hydrogen) atoms. The van der Waals surface area contributed by atoms with E-state index in [1.165, 1.54) is 11.4 Å². The first-order valence-electron chi connectivity index (χ1n) is 4.48. The van der Waals surface area contributed by atoms with E-state index in [-0.39, 0.29) is 0 Å². The Morgan fingerprint density at radius 3 is 3.07 bits per heavy atom. The van der Waals surface area contributed by atoms with Crippen LogP contribution >= 0.6 is 0 Å². The lowest BCUT2D eigenvalue weighted by molar-refractivity contribution is 0.229. The monoisotopic (exact) mass is 191 g/mol. The number of nitrogens with zero attached hydrogens (tertiary/aromatic N) is 5. The maximum atomic E-state index is 9.69. The molecule has 3 aliphatic rings. The summed E-state index contributed by atoms with van der Waals surface area (Å²) in [5.74, 6) is 1.27. The fraction of sp³-hybridized carbons (Fsp3) is 0.375. The lowest BCUT2D eigenvalue weighted by Crippen LogP contribution is -2.30. The molecule has 3 aliphatic heterocycles. The lowest BCUT2D eigenvalue weighted by atomic mass is 10.3. The molecule has 3 rings (SSSR count). The molecule has 0 aromatic carbocycles. The van der Waals surface area contributed by atoms with Crippen LogP contribution in [-0.4, -0.2) is 31.3 Å². The van der Waals surface area contributed by atoms with E-state index >= 15 is 0 Å². The maximum absolute atomic E-state index is 9.69. The van der Waals surface area contributed by atoms with Gasteiger partial charge in [0, 0.05) is 13.1 Å². The number of aromatic nitrogens is 4. The van der Waals surface area contributed by atoms with Crippen molar-refractivity contribution in [1.82, 2.24) is 19.5 Å². The minimum absolute atomic E-state index is 0.581. The van der Waals surface area contributed by atoms with E-state index in [1.807, 2.05) is 4.57 Å². The highest BCUT2D eigenvalue weighted by Gasteiger charge is 2.23. The van der Waals surface area contributed by atoms with Crippen LogP contribution in [0.1, 0.15) is 6.42 Å². The second-order valence-electron chi connectivity index (χ2n) is 3.28. The van der Waals surface area contributed by atoms with Crippen molar-refractivity contribution in [3.63, 3.8) is 0 Å². The Kier molecular flexibility index (Phi) is 1.45. The van der Waals surface area contributed by atoms with Crippen LogP contribution in [0.15, 0.2) is 12.7 Å². The number of aryl methyl sites for hydroxylation is 1. The van der Waals surface area contributed by atoms with Crippen LogP contribution in [0.2, 0.25) is 0 Å². The van der Waals surface area contributed by atoms with Gasteiger partial charge in [0.2, 0.25) is 0 Å². The SMILES string of the molecule is ON1CCCn2cnc3ncnc-3c21. The van der Waals surface area contributed by atoms with Crippen LogP contribution in [0.5, 0.6) is 0 Å². The third-order valence-electron chi connectivity index (χ3n) is 2.40. The van der Waals surface area contributed by atoms with Crippen molar-refractivity contribution < 1.29 is 5.21 Å².